The fourth-order valence-corrected chi connectivity index (χ4v) is 1.24. The van der Waals surface area contributed by atoms with E-state index < -0.39 is 0 Å². The summed E-state index contributed by atoms with van der Waals surface area (Å²) in [5.74, 6) is 1.58. The first-order chi connectivity index (χ1) is 6.00. The molecule has 1 aromatic rings. The fourth-order valence-electron chi connectivity index (χ4n) is 1.24. The SMILES string of the molecule is Cc1nc(CC(C)C)nc(C)c1O.Cl. The van der Waals surface area contributed by atoms with E-state index in [2.05, 4.69) is 23.8 Å². The molecule has 0 radical (unpaired) electrons. The molecule has 1 rings (SSSR count). The maximum Gasteiger partial charge on any atom is 0.158 e. The number of aryl methyl sites for hydroxylation is 2. The molecule has 0 saturated heterocycles. The van der Waals surface area contributed by atoms with E-state index in [9.17, 15) is 5.11 Å². The molecule has 0 aliphatic heterocycles. The zero-order valence-electron chi connectivity index (χ0n) is 9.03. The van der Waals surface area contributed by atoms with Crippen molar-refractivity contribution in [1.82, 2.24) is 9.97 Å². The van der Waals surface area contributed by atoms with Crippen molar-refractivity contribution in [2.45, 2.75) is 34.1 Å². The Labute approximate surface area is 91.0 Å². The van der Waals surface area contributed by atoms with Gasteiger partial charge in [0.1, 0.15) is 5.82 Å². The first kappa shape index (κ1) is 13.2. The van der Waals surface area contributed by atoms with E-state index in [1.807, 2.05) is 0 Å². The summed E-state index contributed by atoms with van der Waals surface area (Å²) in [5, 5.41) is 9.44. The van der Waals surface area contributed by atoms with Gasteiger partial charge in [-0.05, 0) is 19.8 Å². The number of halogens is 1. The molecular weight excluding hydrogens is 200 g/mol. The third kappa shape index (κ3) is 3.14. The fraction of sp³-hybridized carbons (Fsp3) is 0.600. The topological polar surface area (TPSA) is 46.0 Å². The zero-order valence-corrected chi connectivity index (χ0v) is 9.85. The zero-order chi connectivity index (χ0) is 10.0. The second-order valence-electron chi connectivity index (χ2n) is 3.76. The van der Waals surface area contributed by atoms with Crippen molar-refractivity contribution in [2.75, 3.05) is 0 Å². The van der Waals surface area contributed by atoms with Crippen molar-refractivity contribution in [3.63, 3.8) is 0 Å². The lowest BCUT2D eigenvalue weighted by Gasteiger charge is -2.07. The number of nitrogens with zero attached hydrogens (tertiary/aromatic N) is 2. The standard InChI is InChI=1S/C10H16N2O.ClH/c1-6(2)5-9-11-7(3)10(13)8(4)12-9;/h6,13H,5H2,1-4H3;1H. The summed E-state index contributed by atoms with van der Waals surface area (Å²) in [7, 11) is 0. The normalized spacial score (nSPS) is 10.1. The molecule has 0 bridgehead atoms. The van der Waals surface area contributed by atoms with Crippen LogP contribution >= 0.6 is 12.4 Å². The largest absolute Gasteiger partial charge is 0.504 e. The Balaban J connectivity index is 0.00000169. The van der Waals surface area contributed by atoms with E-state index >= 15 is 0 Å². The molecule has 4 heteroatoms. The maximum absolute atomic E-state index is 9.44. The molecule has 1 heterocycles. The predicted octanol–water partition coefficient (Wildman–Crippen LogP) is 2.42. The van der Waals surface area contributed by atoms with Crippen LogP contribution in [0.5, 0.6) is 5.75 Å². The minimum atomic E-state index is 0. The smallest absolute Gasteiger partial charge is 0.158 e. The van der Waals surface area contributed by atoms with Gasteiger partial charge >= 0.3 is 0 Å². The molecule has 0 saturated carbocycles. The molecule has 0 aliphatic rings. The van der Waals surface area contributed by atoms with Gasteiger partial charge < -0.3 is 5.11 Å². The lowest BCUT2D eigenvalue weighted by Crippen LogP contribution is -2.03. The Bertz CT molecular complexity index is 290. The number of hydrogen-bond donors (Lipinski definition) is 1. The average Bonchev–Trinajstić information content (AvgIpc) is 1.98. The van der Waals surface area contributed by atoms with Gasteiger partial charge in [-0.15, -0.1) is 12.4 Å². The highest BCUT2D eigenvalue weighted by atomic mass is 35.5. The van der Waals surface area contributed by atoms with Crippen LogP contribution in [-0.2, 0) is 6.42 Å². The van der Waals surface area contributed by atoms with Crippen molar-refractivity contribution >= 4 is 12.4 Å². The second-order valence-corrected chi connectivity index (χ2v) is 3.76. The summed E-state index contributed by atoms with van der Waals surface area (Å²) in [5.41, 5.74) is 1.34. The molecule has 1 aromatic heterocycles. The highest BCUT2D eigenvalue weighted by Crippen LogP contribution is 2.17. The van der Waals surface area contributed by atoms with Crippen molar-refractivity contribution in [1.29, 1.82) is 0 Å². The van der Waals surface area contributed by atoms with Gasteiger partial charge in [-0.3, -0.25) is 0 Å². The van der Waals surface area contributed by atoms with Crippen molar-refractivity contribution in [3.05, 3.63) is 17.2 Å². The number of aromatic hydroxyl groups is 1. The Morgan fingerprint density at radius 3 is 1.93 bits per heavy atom. The molecule has 0 fully saturated rings. The predicted molar refractivity (Wildman–Crippen MR) is 59.0 cm³/mol. The quantitative estimate of drug-likeness (QED) is 0.826. The van der Waals surface area contributed by atoms with Gasteiger partial charge in [-0.2, -0.15) is 0 Å². The molecule has 14 heavy (non-hydrogen) atoms. The Hall–Kier alpha value is -0.830. The molecule has 0 spiro atoms. The molecule has 0 aromatic carbocycles. The van der Waals surface area contributed by atoms with Crippen LogP contribution in [0.3, 0.4) is 0 Å². The van der Waals surface area contributed by atoms with Gasteiger partial charge in [0.05, 0.1) is 11.4 Å². The number of aromatic nitrogens is 2. The second kappa shape index (κ2) is 5.15. The summed E-state index contributed by atoms with van der Waals surface area (Å²) in [6, 6.07) is 0. The number of hydrogen-bond acceptors (Lipinski definition) is 3. The minimum Gasteiger partial charge on any atom is -0.504 e. The summed E-state index contributed by atoms with van der Waals surface area (Å²) >= 11 is 0. The van der Waals surface area contributed by atoms with E-state index in [1.165, 1.54) is 0 Å². The van der Waals surface area contributed by atoms with E-state index in [4.69, 9.17) is 0 Å². The van der Waals surface area contributed by atoms with Crippen LogP contribution in [0, 0.1) is 19.8 Å². The van der Waals surface area contributed by atoms with Gasteiger partial charge in [0.2, 0.25) is 0 Å². The van der Waals surface area contributed by atoms with Gasteiger partial charge in [0, 0.05) is 6.42 Å². The monoisotopic (exact) mass is 216 g/mol. The van der Waals surface area contributed by atoms with Crippen LogP contribution < -0.4 is 0 Å². The van der Waals surface area contributed by atoms with E-state index in [0.717, 1.165) is 12.2 Å². The summed E-state index contributed by atoms with van der Waals surface area (Å²) in [4.78, 5) is 8.43. The Kier molecular flexibility index (Phi) is 4.85. The van der Waals surface area contributed by atoms with Crippen molar-refractivity contribution in [3.8, 4) is 5.75 Å². The van der Waals surface area contributed by atoms with Gasteiger partial charge in [-0.1, -0.05) is 13.8 Å². The lowest BCUT2D eigenvalue weighted by molar-refractivity contribution is 0.456. The Morgan fingerprint density at radius 1 is 1.14 bits per heavy atom. The molecule has 0 atom stereocenters. The first-order valence-corrected chi connectivity index (χ1v) is 4.53. The third-order valence-corrected chi connectivity index (χ3v) is 1.87. The maximum atomic E-state index is 9.44. The third-order valence-electron chi connectivity index (χ3n) is 1.87. The highest BCUT2D eigenvalue weighted by molar-refractivity contribution is 5.85. The molecular formula is C10H17ClN2O. The average molecular weight is 217 g/mol. The molecule has 0 aliphatic carbocycles. The van der Waals surface area contributed by atoms with Gasteiger partial charge in [0.25, 0.3) is 0 Å². The molecule has 0 unspecified atom stereocenters. The van der Waals surface area contributed by atoms with Crippen molar-refractivity contribution in [2.24, 2.45) is 5.92 Å². The molecule has 80 valence electrons. The van der Waals surface area contributed by atoms with Crippen molar-refractivity contribution < 1.29 is 5.11 Å². The highest BCUT2D eigenvalue weighted by Gasteiger charge is 2.07. The molecule has 0 amide bonds. The van der Waals surface area contributed by atoms with Crippen LogP contribution in [0.15, 0.2) is 0 Å². The van der Waals surface area contributed by atoms with E-state index in [0.29, 0.717) is 17.3 Å². The minimum absolute atomic E-state index is 0. The molecule has 3 nitrogen and oxygen atoms in total. The Morgan fingerprint density at radius 2 is 1.57 bits per heavy atom. The van der Waals surface area contributed by atoms with E-state index in [1.54, 1.807) is 13.8 Å². The van der Waals surface area contributed by atoms with E-state index in [-0.39, 0.29) is 18.2 Å². The van der Waals surface area contributed by atoms with Crippen LogP contribution in [0.1, 0.15) is 31.1 Å². The van der Waals surface area contributed by atoms with Crippen LogP contribution in [0.4, 0.5) is 0 Å². The van der Waals surface area contributed by atoms with Gasteiger partial charge in [0.15, 0.2) is 5.75 Å². The summed E-state index contributed by atoms with van der Waals surface area (Å²) in [6.45, 7) is 7.85. The van der Waals surface area contributed by atoms with Crippen LogP contribution in [0.2, 0.25) is 0 Å². The van der Waals surface area contributed by atoms with Crippen LogP contribution in [0.25, 0.3) is 0 Å². The summed E-state index contributed by atoms with van der Waals surface area (Å²) < 4.78 is 0. The number of rotatable bonds is 2. The van der Waals surface area contributed by atoms with Crippen LogP contribution in [-0.4, -0.2) is 15.1 Å². The summed E-state index contributed by atoms with van der Waals surface area (Å²) in [6.07, 6.45) is 0.863. The molecule has 1 N–H and O–H groups in total. The first-order valence-electron chi connectivity index (χ1n) is 4.53. The van der Waals surface area contributed by atoms with Gasteiger partial charge in [-0.25, -0.2) is 9.97 Å². The lowest BCUT2D eigenvalue weighted by atomic mass is 10.1.